The number of hydrogen-bond acceptors (Lipinski definition) is 6. The number of nitrogens with zero attached hydrogens (tertiary/aromatic N) is 2. The average molecular weight is 554 g/mol. The number of ether oxygens (including phenoxy) is 2. The normalized spacial score (nSPS) is 10.8. The summed E-state index contributed by atoms with van der Waals surface area (Å²) in [5.74, 6) is -2.19. The van der Waals surface area contributed by atoms with E-state index in [2.05, 4.69) is 5.32 Å². The number of rotatable bonds is 10. The fourth-order valence-corrected chi connectivity index (χ4v) is 3.82. The Bertz CT molecular complexity index is 1410. The summed E-state index contributed by atoms with van der Waals surface area (Å²) in [7, 11) is 0. The minimum absolute atomic E-state index is 0.0187. The maximum atomic E-state index is 13.0. The van der Waals surface area contributed by atoms with Crippen LogP contribution >= 0.6 is 0 Å². The number of hydrogen-bond donors (Lipinski definition) is 1. The SMILES string of the molecule is Cc1cc(C)cc(N(CCC#N)C(=O)COC(=O)c2ccccc2OCC(=O)Nc2cccc(C(F)(F)F)c2)c1. The number of para-hydroxylation sites is 1. The summed E-state index contributed by atoms with van der Waals surface area (Å²) in [6, 6.07) is 17.5. The van der Waals surface area contributed by atoms with Gasteiger partial charge in [0, 0.05) is 17.9 Å². The van der Waals surface area contributed by atoms with E-state index in [4.69, 9.17) is 14.7 Å². The summed E-state index contributed by atoms with van der Waals surface area (Å²) in [4.78, 5) is 39.4. The number of nitriles is 1. The van der Waals surface area contributed by atoms with Gasteiger partial charge in [-0.2, -0.15) is 18.4 Å². The minimum Gasteiger partial charge on any atom is -0.483 e. The quantitative estimate of drug-likeness (QED) is 0.335. The molecule has 40 heavy (non-hydrogen) atoms. The fourth-order valence-electron chi connectivity index (χ4n) is 3.82. The van der Waals surface area contributed by atoms with Crippen molar-refractivity contribution in [3.63, 3.8) is 0 Å². The van der Waals surface area contributed by atoms with E-state index in [-0.39, 0.29) is 30.0 Å². The van der Waals surface area contributed by atoms with E-state index >= 15 is 0 Å². The Kier molecular flexibility index (Phi) is 9.86. The van der Waals surface area contributed by atoms with Crippen LogP contribution in [0.1, 0.15) is 33.5 Å². The van der Waals surface area contributed by atoms with Crippen LogP contribution in [0.2, 0.25) is 0 Å². The molecule has 0 saturated heterocycles. The molecular formula is C29H26F3N3O5. The second-order valence-electron chi connectivity index (χ2n) is 8.79. The molecule has 0 atom stereocenters. The van der Waals surface area contributed by atoms with Crippen molar-refractivity contribution < 1.29 is 37.0 Å². The van der Waals surface area contributed by atoms with Crippen molar-refractivity contribution in [1.29, 1.82) is 5.26 Å². The summed E-state index contributed by atoms with van der Waals surface area (Å²) < 4.78 is 49.4. The van der Waals surface area contributed by atoms with Gasteiger partial charge < -0.3 is 19.7 Å². The van der Waals surface area contributed by atoms with Gasteiger partial charge in [-0.1, -0.05) is 24.3 Å². The van der Waals surface area contributed by atoms with Crippen LogP contribution in [0.25, 0.3) is 0 Å². The predicted molar refractivity (Wildman–Crippen MR) is 141 cm³/mol. The maximum absolute atomic E-state index is 13.0. The van der Waals surface area contributed by atoms with Crippen LogP contribution in [0, 0.1) is 25.2 Å². The summed E-state index contributed by atoms with van der Waals surface area (Å²) in [5.41, 5.74) is 1.37. The third kappa shape index (κ3) is 8.33. The van der Waals surface area contributed by atoms with Crippen molar-refractivity contribution in [1.82, 2.24) is 0 Å². The third-order valence-corrected chi connectivity index (χ3v) is 5.53. The van der Waals surface area contributed by atoms with Crippen molar-refractivity contribution in [3.8, 4) is 11.8 Å². The molecule has 1 N–H and O–H groups in total. The van der Waals surface area contributed by atoms with Crippen LogP contribution in [0.5, 0.6) is 5.75 Å². The first-order chi connectivity index (χ1) is 19.0. The molecule has 0 saturated carbocycles. The molecule has 0 radical (unpaired) electrons. The Morgan fingerprint density at radius 1 is 0.950 bits per heavy atom. The highest BCUT2D eigenvalue weighted by molar-refractivity contribution is 5.98. The minimum atomic E-state index is -4.57. The molecule has 2 amide bonds. The lowest BCUT2D eigenvalue weighted by atomic mass is 10.1. The van der Waals surface area contributed by atoms with Gasteiger partial charge in [-0.25, -0.2) is 4.79 Å². The van der Waals surface area contributed by atoms with Crippen molar-refractivity contribution in [2.45, 2.75) is 26.4 Å². The summed E-state index contributed by atoms with van der Waals surface area (Å²) in [6.45, 7) is 2.65. The Labute approximate surface area is 228 Å². The zero-order valence-corrected chi connectivity index (χ0v) is 21.7. The highest BCUT2D eigenvalue weighted by atomic mass is 19.4. The Hall–Kier alpha value is -4.85. The third-order valence-electron chi connectivity index (χ3n) is 5.53. The number of benzene rings is 3. The second-order valence-corrected chi connectivity index (χ2v) is 8.79. The van der Waals surface area contributed by atoms with Crippen LogP contribution in [-0.4, -0.2) is 37.5 Å². The van der Waals surface area contributed by atoms with E-state index in [9.17, 15) is 27.6 Å². The van der Waals surface area contributed by atoms with Gasteiger partial charge >= 0.3 is 12.1 Å². The number of anilines is 2. The summed E-state index contributed by atoms with van der Waals surface area (Å²) >= 11 is 0. The first-order valence-corrected chi connectivity index (χ1v) is 12.1. The molecule has 8 nitrogen and oxygen atoms in total. The number of halogens is 3. The molecule has 0 aromatic heterocycles. The van der Waals surface area contributed by atoms with Crippen LogP contribution in [0.3, 0.4) is 0 Å². The van der Waals surface area contributed by atoms with Crippen LogP contribution in [0.15, 0.2) is 66.7 Å². The monoisotopic (exact) mass is 553 g/mol. The van der Waals surface area contributed by atoms with Crippen molar-refractivity contribution in [2.24, 2.45) is 0 Å². The number of aryl methyl sites for hydroxylation is 2. The highest BCUT2D eigenvalue weighted by Gasteiger charge is 2.30. The Balaban J connectivity index is 1.63. The first-order valence-electron chi connectivity index (χ1n) is 12.1. The molecule has 3 rings (SSSR count). The number of carbonyl (C=O) groups is 3. The van der Waals surface area contributed by atoms with Gasteiger partial charge in [-0.05, 0) is 67.4 Å². The largest absolute Gasteiger partial charge is 0.483 e. The zero-order chi connectivity index (χ0) is 29.3. The Morgan fingerprint density at radius 3 is 2.33 bits per heavy atom. The lowest BCUT2D eigenvalue weighted by Gasteiger charge is -2.22. The molecule has 3 aromatic rings. The highest BCUT2D eigenvalue weighted by Crippen LogP contribution is 2.30. The molecule has 0 aliphatic heterocycles. The molecule has 3 aromatic carbocycles. The molecule has 0 fully saturated rings. The number of amides is 2. The van der Waals surface area contributed by atoms with Gasteiger partial charge in [0.1, 0.15) is 11.3 Å². The zero-order valence-electron chi connectivity index (χ0n) is 21.7. The fraction of sp³-hybridized carbons (Fsp3) is 0.241. The smallest absolute Gasteiger partial charge is 0.416 e. The maximum Gasteiger partial charge on any atom is 0.416 e. The molecule has 208 valence electrons. The molecule has 0 bridgehead atoms. The van der Waals surface area contributed by atoms with E-state index in [0.29, 0.717) is 5.69 Å². The predicted octanol–water partition coefficient (Wildman–Crippen LogP) is 5.44. The van der Waals surface area contributed by atoms with Gasteiger partial charge in [0.2, 0.25) is 0 Å². The van der Waals surface area contributed by atoms with Crippen molar-refractivity contribution in [2.75, 3.05) is 30.0 Å². The molecule has 11 heteroatoms. The lowest BCUT2D eigenvalue weighted by molar-refractivity contribution is -0.137. The first kappa shape index (κ1) is 29.7. The number of carbonyl (C=O) groups excluding carboxylic acids is 3. The van der Waals surface area contributed by atoms with E-state index in [1.54, 1.807) is 18.2 Å². The number of nitrogens with one attached hydrogen (secondary N) is 1. The van der Waals surface area contributed by atoms with Gasteiger partial charge in [-0.15, -0.1) is 0 Å². The topological polar surface area (TPSA) is 109 Å². The number of esters is 1. The number of alkyl halides is 3. The Morgan fingerprint density at radius 2 is 1.65 bits per heavy atom. The molecule has 0 unspecified atom stereocenters. The van der Waals surface area contributed by atoms with Gasteiger partial charge in [0.05, 0.1) is 18.1 Å². The van der Waals surface area contributed by atoms with Crippen molar-refractivity contribution >= 4 is 29.2 Å². The van der Waals surface area contributed by atoms with Gasteiger partial charge in [0.25, 0.3) is 11.8 Å². The van der Waals surface area contributed by atoms with Crippen LogP contribution in [-0.2, 0) is 20.5 Å². The molecular weight excluding hydrogens is 527 g/mol. The second kappa shape index (κ2) is 13.3. The molecule has 0 heterocycles. The van der Waals surface area contributed by atoms with Gasteiger partial charge in [0.15, 0.2) is 13.2 Å². The average Bonchev–Trinajstić information content (AvgIpc) is 2.90. The summed E-state index contributed by atoms with van der Waals surface area (Å²) in [6.07, 6.45) is -4.49. The van der Waals surface area contributed by atoms with E-state index < -0.39 is 42.7 Å². The van der Waals surface area contributed by atoms with E-state index in [0.717, 1.165) is 29.3 Å². The molecule has 0 aliphatic rings. The molecule has 0 spiro atoms. The molecule has 0 aliphatic carbocycles. The standard InChI is InChI=1S/C29H26F3N3O5/c1-19-13-20(2)15-23(14-19)35(12-6-11-33)27(37)18-40-28(38)24-9-3-4-10-25(24)39-17-26(36)34-22-8-5-7-21(16-22)29(30,31)32/h3-5,7-10,13-16H,6,12,17-18H2,1-2H3,(H,34,36). The van der Waals surface area contributed by atoms with Crippen molar-refractivity contribution in [3.05, 3.63) is 89.0 Å². The van der Waals surface area contributed by atoms with Crippen LogP contribution in [0.4, 0.5) is 24.5 Å². The summed E-state index contributed by atoms with van der Waals surface area (Å²) in [5, 5.41) is 11.3. The van der Waals surface area contributed by atoms with E-state index in [1.165, 1.54) is 29.2 Å². The lowest BCUT2D eigenvalue weighted by Crippen LogP contribution is -2.35. The van der Waals surface area contributed by atoms with E-state index in [1.807, 2.05) is 26.0 Å². The van der Waals surface area contributed by atoms with Gasteiger partial charge in [-0.3, -0.25) is 9.59 Å². The van der Waals surface area contributed by atoms with Crippen LogP contribution < -0.4 is 15.0 Å².